The van der Waals surface area contributed by atoms with Crippen LogP contribution in [0.5, 0.6) is 0 Å². The highest BCUT2D eigenvalue weighted by atomic mass is 32.2. The average molecular weight is 450 g/mol. The van der Waals surface area contributed by atoms with Crippen molar-refractivity contribution in [3.63, 3.8) is 0 Å². The van der Waals surface area contributed by atoms with Crippen molar-refractivity contribution in [3.05, 3.63) is 47.9 Å². The van der Waals surface area contributed by atoms with E-state index < -0.39 is 26.6 Å². The molecule has 4 rings (SSSR count). The first-order valence-electron chi connectivity index (χ1n) is 11.1. The summed E-state index contributed by atoms with van der Waals surface area (Å²) in [6.45, 7) is 9.64. The van der Waals surface area contributed by atoms with Crippen molar-refractivity contribution in [2.24, 2.45) is 5.92 Å². The van der Waals surface area contributed by atoms with E-state index in [2.05, 4.69) is 30.7 Å². The van der Waals surface area contributed by atoms with Crippen LogP contribution in [0.1, 0.15) is 58.4 Å². The van der Waals surface area contributed by atoms with Crippen molar-refractivity contribution in [1.82, 2.24) is 9.88 Å². The number of halogens is 1. The molecule has 6 nitrogen and oxygen atoms in total. The molecule has 2 aliphatic rings. The molecule has 1 aromatic heterocycles. The van der Waals surface area contributed by atoms with E-state index in [1.165, 1.54) is 22.8 Å². The van der Waals surface area contributed by atoms with Gasteiger partial charge >= 0.3 is 0 Å². The van der Waals surface area contributed by atoms with Crippen molar-refractivity contribution in [2.75, 3.05) is 10.8 Å². The molecule has 0 bridgehead atoms. The summed E-state index contributed by atoms with van der Waals surface area (Å²) in [5, 5.41) is -0.485. The lowest BCUT2D eigenvalue weighted by molar-refractivity contribution is 0.0934. The highest BCUT2D eigenvalue weighted by Crippen LogP contribution is 2.48. The minimum Gasteiger partial charge on any atom is -0.447 e. The molecule has 1 unspecified atom stereocenters. The Morgan fingerprint density at radius 2 is 2.06 bits per heavy atom. The van der Waals surface area contributed by atoms with Crippen LogP contribution in [-0.2, 0) is 23.0 Å². The van der Waals surface area contributed by atoms with Gasteiger partial charge in [-0.25, -0.2) is 17.8 Å². The van der Waals surface area contributed by atoms with Crippen molar-refractivity contribution in [2.45, 2.75) is 76.8 Å². The Bertz CT molecular complexity index is 1040. The summed E-state index contributed by atoms with van der Waals surface area (Å²) >= 11 is 0. The fraction of sp³-hybridized carbons (Fsp3) is 0.609. The lowest BCUT2D eigenvalue weighted by Crippen LogP contribution is -2.56. The summed E-state index contributed by atoms with van der Waals surface area (Å²) < 4.78 is 47.6. The first-order valence-corrected chi connectivity index (χ1v) is 12.6. The van der Waals surface area contributed by atoms with E-state index in [-0.39, 0.29) is 6.04 Å². The van der Waals surface area contributed by atoms with Gasteiger partial charge in [-0.05, 0) is 63.6 Å². The fourth-order valence-corrected chi connectivity index (χ4v) is 7.38. The predicted octanol–water partition coefficient (Wildman–Crippen LogP) is 4.36. The zero-order chi connectivity index (χ0) is 22.4. The molecule has 2 aromatic rings. The van der Waals surface area contributed by atoms with Gasteiger partial charge in [-0.2, -0.15) is 0 Å². The van der Waals surface area contributed by atoms with Crippen molar-refractivity contribution >= 4 is 15.7 Å². The Hall–Kier alpha value is -1.93. The number of anilines is 1. The van der Waals surface area contributed by atoms with E-state index in [1.54, 1.807) is 19.1 Å². The number of nitrogens with zero attached hydrogens (tertiary/aromatic N) is 3. The molecule has 3 atom stereocenters. The summed E-state index contributed by atoms with van der Waals surface area (Å²) in [4.78, 5) is 6.73. The molecular formula is C23H32FN3O3S. The van der Waals surface area contributed by atoms with E-state index in [1.807, 2.05) is 0 Å². The molecule has 1 spiro atoms. The molecule has 0 saturated carbocycles. The maximum absolute atomic E-state index is 14.0. The van der Waals surface area contributed by atoms with Crippen LogP contribution in [0.25, 0.3) is 0 Å². The van der Waals surface area contributed by atoms with Crippen LogP contribution in [0.4, 0.5) is 10.1 Å². The number of benzene rings is 1. The summed E-state index contributed by atoms with van der Waals surface area (Å²) in [5.74, 6) is 0.970. The zero-order valence-electron chi connectivity index (χ0n) is 18.7. The van der Waals surface area contributed by atoms with Crippen LogP contribution in [0.3, 0.4) is 0 Å². The Morgan fingerprint density at radius 3 is 2.74 bits per heavy atom. The minimum atomic E-state index is -3.54. The monoisotopic (exact) mass is 449 g/mol. The molecule has 31 heavy (non-hydrogen) atoms. The Labute approximate surface area is 184 Å². The molecule has 0 aliphatic carbocycles. The lowest BCUT2D eigenvalue weighted by atomic mass is 9.79. The number of piperidine rings is 1. The number of sulfonamides is 1. The minimum absolute atomic E-state index is 0.155. The molecule has 8 heteroatoms. The highest BCUT2D eigenvalue weighted by Gasteiger charge is 2.56. The number of oxazole rings is 1. The molecule has 0 N–H and O–H groups in total. The van der Waals surface area contributed by atoms with Crippen LogP contribution in [0, 0.1) is 11.7 Å². The van der Waals surface area contributed by atoms with Gasteiger partial charge in [0.2, 0.25) is 10.0 Å². The van der Waals surface area contributed by atoms with Crippen molar-refractivity contribution in [3.8, 4) is 0 Å². The largest absolute Gasteiger partial charge is 0.447 e. The summed E-state index contributed by atoms with van der Waals surface area (Å²) in [5.41, 5.74) is 0.907. The molecule has 2 fully saturated rings. The van der Waals surface area contributed by atoms with Gasteiger partial charge in [-0.3, -0.25) is 9.21 Å². The number of likely N-dealkylation sites (tertiary alicyclic amines) is 1. The van der Waals surface area contributed by atoms with Gasteiger partial charge in [0.15, 0.2) is 6.39 Å². The number of hydrogen-bond donors (Lipinski definition) is 0. The Morgan fingerprint density at radius 1 is 1.29 bits per heavy atom. The van der Waals surface area contributed by atoms with Gasteiger partial charge < -0.3 is 4.42 Å². The second kappa shape index (κ2) is 8.20. The number of hydrogen-bond acceptors (Lipinski definition) is 5. The smallest absolute Gasteiger partial charge is 0.238 e. The first-order chi connectivity index (χ1) is 14.6. The normalized spacial score (nSPS) is 28.6. The summed E-state index contributed by atoms with van der Waals surface area (Å²) in [7, 11) is -3.54. The van der Waals surface area contributed by atoms with Crippen molar-refractivity contribution in [1.29, 1.82) is 0 Å². The van der Waals surface area contributed by atoms with Crippen LogP contribution in [0.15, 0.2) is 35.1 Å². The van der Waals surface area contributed by atoms with E-state index in [4.69, 9.17) is 4.42 Å². The van der Waals surface area contributed by atoms with Crippen molar-refractivity contribution < 1.29 is 17.2 Å². The second-order valence-corrected chi connectivity index (χ2v) is 11.8. The van der Waals surface area contributed by atoms with E-state index in [0.717, 1.165) is 24.4 Å². The van der Waals surface area contributed by atoms with Gasteiger partial charge in [0.1, 0.15) is 11.6 Å². The van der Waals surface area contributed by atoms with Crippen LogP contribution >= 0.6 is 0 Å². The predicted molar refractivity (Wildman–Crippen MR) is 119 cm³/mol. The topological polar surface area (TPSA) is 66.7 Å². The Kier molecular flexibility index (Phi) is 5.89. The molecule has 2 saturated heterocycles. The first kappa shape index (κ1) is 22.3. The lowest BCUT2D eigenvalue weighted by Gasteiger charge is -2.47. The van der Waals surface area contributed by atoms with Gasteiger partial charge in [0.05, 0.1) is 28.7 Å². The number of rotatable bonds is 5. The third-order valence-corrected chi connectivity index (χ3v) is 9.03. The van der Waals surface area contributed by atoms with Crippen LogP contribution in [0.2, 0.25) is 0 Å². The summed E-state index contributed by atoms with van der Waals surface area (Å²) in [6, 6.07) is 6.11. The van der Waals surface area contributed by atoms with Crippen LogP contribution in [-0.4, -0.2) is 41.7 Å². The molecule has 1 aromatic carbocycles. The molecular weight excluding hydrogens is 417 g/mol. The Balaban J connectivity index is 1.58. The molecule has 170 valence electrons. The van der Waals surface area contributed by atoms with E-state index >= 15 is 0 Å². The summed E-state index contributed by atoms with van der Waals surface area (Å²) in [6.07, 6.45) is 4.35. The molecule has 0 radical (unpaired) electrons. The third-order valence-electron chi connectivity index (χ3n) is 6.74. The zero-order valence-corrected chi connectivity index (χ0v) is 19.5. The third kappa shape index (κ3) is 4.12. The van der Waals surface area contributed by atoms with Gasteiger partial charge in [0, 0.05) is 12.6 Å². The quantitative estimate of drug-likeness (QED) is 0.678. The van der Waals surface area contributed by atoms with Gasteiger partial charge in [-0.15, -0.1) is 0 Å². The molecule has 3 heterocycles. The van der Waals surface area contributed by atoms with E-state index in [9.17, 15) is 12.8 Å². The van der Waals surface area contributed by atoms with Crippen LogP contribution < -0.4 is 4.31 Å². The molecule has 0 amide bonds. The SMILES string of the molecule is CC(C)Cc1ncoc1CN1CC[C@]2(CC(C)S(=O)(=O)N2c2cccc(F)c2)C[C@@H]1C. The number of aromatic nitrogens is 1. The maximum atomic E-state index is 14.0. The average Bonchev–Trinajstić information content (AvgIpc) is 3.17. The van der Waals surface area contributed by atoms with Gasteiger partial charge in [-0.1, -0.05) is 19.9 Å². The highest BCUT2D eigenvalue weighted by molar-refractivity contribution is 7.93. The fourth-order valence-electron chi connectivity index (χ4n) is 5.31. The standard InChI is InChI=1S/C23H32FN3O3S/c1-16(2)10-21-22(30-15-25-21)14-26-9-8-23(12-17(26)3)13-18(4)31(28,29)27(23)20-7-5-6-19(24)11-20/h5-7,11,15-18H,8-10,12-14H2,1-4H3/t17-,18?,23+/m0/s1. The second-order valence-electron chi connectivity index (χ2n) is 9.62. The molecule has 2 aliphatic heterocycles. The van der Waals surface area contributed by atoms with Gasteiger partial charge in [0.25, 0.3) is 0 Å². The van der Waals surface area contributed by atoms with E-state index in [0.29, 0.717) is 37.4 Å². The maximum Gasteiger partial charge on any atom is 0.238 e.